The number of halogens is 1. The number of hydrogen-bond donors (Lipinski definition) is 2. The van der Waals surface area contributed by atoms with E-state index in [9.17, 15) is 4.79 Å². The van der Waals surface area contributed by atoms with Crippen LogP contribution in [0, 0.1) is 0 Å². The Morgan fingerprint density at radius 1 is 1.20 bits per heavy atom. The van der Waals surface area contributed by atoms with E-state index < -0.39 is 0 Å². The lowest BCUT2D eigenvalue weighted by atomic mass is 10.3. The van der Waals surface area contributed by atoms with Gasteiger partial charge >= 0.3 is 0 Å². The molecule has 0 fully saturated rings. The molecule has 9 heteroatoms. The topological polar surface area (TPSA) is 88.3 Å². The third-order valence-corrected chi connectivity index (χ3v) is 4.05. The van der Waals surface area contributed by atoms with Gasteiger partial charge in [0.05, 0.1) is 19.9 Å². The summed E-state index contributed by atoms with van der Waals surface area (Å²) in [6, 6.07) is 11.2. The van der Waals surface area contributed by atoms with Gasteiger partial charge in [-0.15, -0.1) is 24.0 Å². The van der Waals surface area contributed by atoms with Crippen molar-refractivity contribution >= 4 is 35.8 Å². The first-order valence-electron chi connectivity index (χ1n) is 9.53. The van der Waals surface area contributed by atoms with E-state index in [1.165, 1.54) is 4.90 Å². The number of rotatable bonds is 10. The largest absolute Gasteiger partial charge is 0.497 e. The van der Waals surface area contributed by atoms with Gasteiger partial charge in [-0.25, -0.2) is 4.99 Å². The average Bonchev–Trinajstić information content (AvgIpc) is 3.22. The number of hydrogen-bond acceptors (Lipinski definition) is 5. The van der Waals surface area contributed by atoms with Crippen molar-refractivity contribution in [3.8, 4) is 11.5 Å². The van der Waals surface area contributed by atoms with Crippen molar-refractivity contribution in [2.24, 2.45) is 4.99 Å². The number of likely N-dealkylation sites (N-methyl/N-ethyl adjacent to an activating group) is 1. The van der Waals surface area contributed by atoms with Crippen molar-refractivity contribution in [2.75, 3.05) is 40.8 Å². The molecule has 0 aliphatic carbocycles. The number of benzene rings is 1. The Bertz CT molecular complexity index is 781. The van der Waals surface area contributed by atoms with Gasteiger partial charge in [-0.05, 0) is 31.2 Å². The summed E-state index contributed by atoms with van der Waals surface area (Å²) in [5.41, 5.74) is 0. The van der Waals surface area contributed by atoms with Crippen LogP contribution in [-0.4, -0.2) is 63.7 Å². The number of nitrogens with one attached hydrogen (secondary N) is 2. The fraction of sp³-hybridized carbons (Fsp3) is 0.429. The summed E-state index contributed by atoms with van der Waals surface area (Å²) in [7, 11) is 5.04. The summed E-state index contributed by atoms with van der Waals surface area (Å²) in [6.07, 6.45) is 2.24. The monoisotopic (exact) mass is 530 g/mol. The van der Waals surface area contributed by atoms with Crippen LogP contribution in [-0.2, 0) is 11.2 Å². The lowest BCUT2D eigenvalue weighted by molar-refractivity contribution is -0.127. The third kappa shape index (κ3) is 9.38. The number of methoxy groups -OCH3 is 1. The van der Waals surface area contributed by atoms with Gasteiger partial charge < -0.3 is 29.4 Å². The molecule has 0 saturated heterocycles. The molecule has 2 N–H and O–H groups in total. The van der Waals surface area contributed by atoms with Gasteiger partial charge in [0.15, 0.2) is 5.96 Å². The van der Waals surface area contributed by atoms with Crippen molar-refractivity contribution in [3.05, 3.63) is 48.4 Å². The van der Waals surface area contributed by atoms with Crippen LogP contribution >= 0.6 is 24.0 Å². The van der Waals surface area contributed by atoms with Crippen molar-refractivity contribution < 1.29 is 18.7 Å². The Labute approximate surface area is 195 Å². The van der Waals surface area contributed by atoms with Gasteiger partial charge in [0.2, 0.25) is 5.91 Å². The number of ether oxygens (including phenoxy) is 2. The number of guanidine groups is 1. The molecule has 1 aromatic carbocycles. The maximum Gasteiger partial charge on any atom is 0.243 e. The zero-order valence-electron chi connectivity index (χ0n) is 17.9. The molecular weight excluding hydrogens is 499 g/mol. The highest BCUT2D eigenvalue weighted by Gasteiger charge is 2.09. The zero-order chi connectivity index (χ0) is 21.1. The first kappa shape index (κ1) is 25.6. The first-order valence-corrected chi connectivity index (χ1v) is 9.53. The molecule has 0 aliphatic heterocycles. The van der Waals surface area contributed by atoms with Crippen molar-refractivity contribution in [2.45, 2.75) is 19.4 Å². The number of carbonyl (C=O) groups excluding carboxylic acids is 1. The second-order valence-electron chi connectivity index (χ2n) is 6.70. The predicted octanol–water partition coefficient (Wildman–Crippen LogP) is 2.54. The van der Waals surface area contributed by atoms with Crippen molar-refractivity contribution in [1.29, 1.82) is 0 Å². The minimum Gasteiger partial charge on any atom is -0.497 e. The van der Waals surface area contributed by atoms with E-state index in [-0.39, 0.29) is 42.5 Å². The third-order valence-electron chi connectivity index (χ3n) is 4.05. The molecule has 0 spiro atoms. The smallest absolute Gasteiger partial charge is 0.243 e. The summed E-state index contributed by atoms with van der Waals surface area (Å²) in [5, 5.41) is 6.45. The van der Waals surface area contributed by atoms with Crippen LogP contribution in [0.15, 0.2) is 52.1 Å². The molecule has 8 nitrogen and oxygen atoms in total. The molecule has 1 aromatic heterocycles. The average molecular weight is 530 g/mol. The molecule has 166 valence electrons. The molecule has 0 aliphatic rings. The predicted molar refractivity (Wildman–Crippen MR) is 128 cm³/mol. The van der Waals surface area contributed by atoms with E-state index >= 15 is 0 Å². The van der Waals surface area contributed by atoms with Gasteiger partial charge in [-0.1, -0.05) is 6.07 Å². The first-order chi connectivity index (χ1) is 14.0. The van der Waals surface area contributed by atoms with Crippen molar-refractivity contribution in [1.82, 2.24) is 15.5 Å². The highest BCUT2D eigenvalue weighted by Crippen LogP contribution is 2.19. The molecule has 1 atom stereocenters. The van der Waals surface area contributed by atoms with Crippen LogP contribution < -0.4 is 20.1 Å². The molecule has 1 amide bonds. The Morgan fingerprint density at radius 2 is 1.97 bits per heavy atom. The summed E-state index contributed by atoms with van der Waals surface area (Å²) >= 11 is 0. The van der Waals surface area contributed by atoms with Crippen molar-refractivity contribution in [3.63, 3.8) is 0 Å². The Hall–Kier alpha value is -2.43. The van der Waals surface area contributed by atoms with Crippen LogP contribution in [0.3, 0.4) is 0 Å². The molecule has 30 heavy (non-hydrogen) atoms. The van der Waals surface area contributed by atoms with E-state index in [1.807, 2.05) is 43.3 Å². The molecule has 0 bridgehead atoms. The lowest BCUT2D eigenvalue weighted by Crippen LogP contribution is -2.43. The van der Waals surface area contributed by atoms with Gasteiger partial charge in [-0.2, -0.15) is 0 Å². The van der Waals surface area contributed by atoms with E-state index in [0.717, 1.165) is 17.3 Å². The van der Waals surface area contributed by atoms with Crippen LogP contribution in [0.1, 0.15) is 12.7 Å². The molecule has 1 heterocycles. The van der Waals surface area contributed by atoms with Crippen LogP contribution in [0.25, 0.3) is 0 Å². The van der Waals surface area contributed by atoms with E-state index in [0.29, 0.717) is 25.5 Å². The molecule has 0 radical (unpaired) electrons. The fourth-order valence-corrected chi connectivity index (χ4v) is 2.41. The Kier molecular flexibility index (Phi) is 11.7. The van der Waals surface area contributed by atoms with Crippen LogP contribution in [0.4, 0.5) is 0 Å². The minimum atomic E-state index is -0.122. The molecular formula is C21H31IN4O4. The maximum absolute atomic E-state index is 11.9. The summed E-state index contributed by atoms with van der Waals surface area (Å²) in [6.45, 7) is 3.16. The van der Waals surface area contributed by atoms with Gasteiger partial charge in [-0.3, -0.25) is 4.79 Å². The van der Waals surface area contributed by atoms with E-state index in [4.69, 9.17) is 13.9 Å². The van der Waals surface area contributed by atoms with Gasteiger partial charge in [0.1, 0.15) is 29.9 Å². The van der Waals surface area contributed by atoms with Gasteiger partial charge in [0, 0.05) is 33.1 Å². The maximum atomic E-state index is 11.9. The summed E-state index contributed by atoms with van der Waals surface area (Å²) < 4.78 is 16.5. The standard InChI is InChI=1S/C21H30N4O4.HI/c1-16(29-19-8-5-7-18(13-19)27-4)14-23-21(24-15-20(26)25(2)3)22-11-10-17-9-6-12-28-17;/h5-9,12-13,16H,10-11,14-15H2,1-4H3,(H2,22,23,24);1H. The second-order valence-corrected chi connectivity index (χ2v) is 6.70. The van der Waals surface area contributed by atoms with Crippen LogP contribution in [0.5, 0.6) is 11.5 Å². The highest BCUT2D eigenvalue weighted by molar-refractivity contribution is 14.0. The molecule has 0 saturated carbocycles. The highest BCUT2D eigenvalue weighted by atomic mass is 127. The minimum absolute atomic E-state index is 0. The molecule has 2 aromatic rings. The summed E-state index contributed by atoms with van der Waals surface area (Å²) in [4.78, 5) is 17.7. The number of aliphatic imine (C=N–C) groups is 1. The number of nitrogens with zero attached hydrogens (tertiary/aromatic N) is 2. The number of furan rings is 1. The quantitative estimate of drug-likeness (QED) is 0.279. The zero-order valence-corrected chi connectivity index (χ0v) is 20.2. The van der Waals surface area contributed by atoms with E-state index in [1.54, 1.807) is 27.5 Å². The van der Waals surface area contributed by atoms with Crippen LogP contribution in [0.2, 0.25) is 0 Å². The summed E-state index contributed by atoms with van der Waals surface area (Å²) in [5.74, 6) is 2.83. The molecule has 2 rings (SSSR count). The Balaban J connectivity index is 0.00000450. The van der Waals surface area contributed by atoms with Gasteiger partial charge in [0.25, 0.3) is 0 Å². The second kappa shape index (κ2) is 13.7. The number of carbonyl (C=O) groups is 1. The Morgan fingerprint density at radius 3 is 2.63 bits per heavy atom. The molecule has 1 unspecified atom stereocenters. The SMILES string of the molecule is COc1cccc(OC(C)CNC(=NCC(=O)N(C)C)NCCc2ccco2)c1.I. The van der Waals surface area contributed by atoms with E-state index in [2.05, 4.69) is 15.6 Å². The fourth-order valence-electron chi connectivity index (χ4n) is 2.41. The normalized spacial score (nSPS) is 11.8. The lowest BCUT2D eigenvalue weighted by Gasteiger charge is -2.18. The number of amides is 1.